The van der Waals surface area contributed by atoms with Crippen molar-refractivity contribution in [1.29, 1.82) is 0 Å². The Labute approximate surface area is 242 Å². The van der Waals surface area contributed by atoms with Crippen LogP contribution in [0, 0.1) is 12.7 Å². The van der Waals surface area contributed by atoms with Crippen molar-refractivity contribution in [3.63, 3.8) is 0 Å². The molecule has 0 saturated heterocycles. The van der Waals surface area contributed by atoms with Crippen LogP contribution in [0.15, 0.2) is 107 Å². The molecule has 0 bridgehead atoms. The SMILES string of the molecule is C/C(=N/NC(=O)CN(c1ccc(F)cc1)S(=O)(=O)c1ccc(C)cc1)c1cccc(NC(=O)c2cccc(Cl)c2)c1. The fourth-order valence-corrected chi connectivity index (χ4v) is 5.40. The van der Waals surface area contributed by atoms with Gasteiger partial charge in [-0.1, -0.05) is 47.5 Å². The van der Waals surface area contributed by atoms with E-state index in [-0.39, 0.29) is 16.5 Å². The van der Waals surface area contributed by atoms with E-state index in [4.69, 9.17) is 11.6 Å². The van der Waals surface area contributed by atoms with Crippen molar-refractivity contribution >= 4 is 50.5 Å². The first kappa shape index (κ1) is 29.4. The Balaban J connectivity index is 1.50. The number of hydrogen-bond donors (Lipinski definition) is 2. The molecule has 0 unspecified atom stereocenters. The summed E-state index contributed by atoms with van der Waals surface area (Å²) in [6.45, 7) is 2.87. The second-order valence-electron chi connectivity index (χ2n) is 9.08. The van der Waals surface area contributed by atoms with Crippen LogP contribution < -0.4 is 15.0 Å². The molecule has 8 nitrogen and oxygen atoms in total. The summed E-state index contributed by atoms with van der Waals surface area (Å²) < 4.78 is 41.3. The third-order valence-electron chi connectivity index (χ3n) is 5.98. The zero-order chi connectivity index (χ0) is 29.6. The van der Waals surface area contributed by atoms with Gasteiger partial charge in [0, 0.05) is 16.3 Å². The monoisotopic (exact) mass is 592 g/mol. The molecular weight excluding hydrogens is 567 g/mol. The average Bonchev–Trinajstić information content (AvgIpc) is 2.95. The predicted molar refractivity (Wildman–Crippen MR) is 158 cm³/mol. The van der Waals surface area contributed by atoms with E-state index in [9.17, 15) is 22.4 Å². The minimum Gasteiger partial charge on any atom is -0.322 e. The van der Waals surface area contributed by atoms with Crippen molar-refractivity contribution in [3.8, 4) is 0 Å². The van der Waals surface area contributed by atoms with Crippen LogP contribution in [0.1, 0.15) is 28.4 Å². The number of carbonyl (C=O) groups is 2. The molecule has 0 heterocycles. The smallest absolute Gasteiger partial charge is 0.264 e. The number of hydrogen-bond acceptors (Lipinski definition) is 5. The Morgan fingerprint density at radius 3 is 2.24 bits per heavy atom. The van der Waals surface area contributed by atoms with Gasteiger partial charge in [0.05, 0.1) is 16.3 Å². The van der Waals surface area contributed by atoms with Crippen LogP contribution >= 0.6 is 11.6 Å². The first-order valence-corrected chi connectivity index (χ1v) is 14.2. The quantitative estimate of drug-likeness (QED) is 0.190. The van der Waals surface area contributed by atoms with Crippen molar-refractivity contribution in [2.24, 2.45) is 5.10 Å². The second kappa shape index (κ2) is 12.8. The lowest BCUT2D eigenvalue weighted by Crippen LogP contribution is -2.39. The van der Waals surface area contributed by atoms with Crippen molar-refractivity contribution in [2.75, 3.05) is 16.2 Å². The maximum Gasteiger partial charge on any atom is 0.264 e. The first-order chi connectivity index (χ1) is 19.5. The second-order valence-corrected chi connectivity index (χ2v) is 11.4. The summed E-state index contributed by atoms with van der Waals surface area (Å²) >= 11 is 5.97. The molecule has 0 aliphatic carbocycles. The van der Waals surface area contributed by atoms with E-state index in [2.05, 4.69) is 15.8 Å². The highest BCUT2D eigenvalue weighted by atomic mass is 35.5. The van der Waals surface area contributed by atoms with E-state index in [1.807, 2.05) is 6.92 Å². The normalized spacial score (nSPS) is 11.6. The summed E-state index contributed by atoms with van der Waals surface area (Å²) in [7, 11) is -4.16. The standard InChI is InChI=1S/C30H26ClFN4O4S/c1-20-9-15-28(16-10-20)41(39,40)36(27-13-11-25(32)12-14-27)19-29(37)35-34-21(2)22-5-4-8-26(18-22)33-30(38)23-6-3-7-24(31)17-23/h3-18H,19H2,1-2H3,(H,33,38)(H,35,37)/b34-21-. The predicted octanol–water partition coefficient (Wildman–Crippen LogP) is 5.78. The van der Waals surface area contributed by atoms with Crippen LogP contribution in [-0.4, -0.2) is 32.5 Å². The number of halogens is 2. The lowest BCUT2D eigenvalue weighted by Gasteiger charge is -2.23. The van der Waals surface area contributed by atoms with Gasteiger partial charge in [-0.3, -0.25) is 13.9 Å². The Hall–Kier alpha value is -4.54. The van der Waals surface area contributed by atoms with E-state index in [1.165, 1.54) is 24.3 Å². The first-order valence-electron chi connectivity index (χ1n) is 12.4. The van der Waals surface area contributed by atoms with E-state index in [0.29, 0.717) is 27.5 Å². The Morgan fingerprint density at radius 2 is 1.56 bits per heavy atom. The van der Waals surface area contributed by atoms with Gasteiger partial charge in [-0.05, 0) is 86.1 Å². The number of hydrazone groups is 1. The number of amides is 2. The molecule has 0 spiro atoms. The third-order valence-corrected chi connectivity index (χ3v) is 8.01. The molecule has 0 aliphatic heterocycles. The van der Waals surface area contributed by atoms with Crippen LogP contribution in [0.4, 0.5) is 15.8 Å². The van der Waals surface area contributed by atoms with Crippen LogP contribution in [-0.2, 0) is 14.8 Å². The zero-order valence-corrected chi connectivity index (χ0v) is 23.7. The van der Waals surface area contributed by atoms with Gasteiger partial charge >= 0.3 is 0 Å². The van der Waals surface area contributed by atoms with E-state index < -0.39 is 28.3 Å². The number of carbonyl (C=O) groups excluding carboxylic acids is 2. The highest BCUT2D eigenvalue weighted by Crippen LogP contribution is 2.24. The molecule has 0 aromatic heterocycles. The molecule has 4 aromatic carbocycles. The molecule has 0 fully saturated rings. The minimum absolute atomic E-state index is 0.0171. The lowest BCUT2D eigenvalue weighted by molar-refractivity contribution is -0.119. The fourth-order valence-electron chi connectivity index (χ4n) is 3.79. The molecule has 4 rings (SSSR count). The number of nitrogens with zero attached hydrogens (tertiary/aromatic N) is 2. The topological polar surface area (TPSA) is 108 Å². The van der Waals surface area contributed by atoms with Gasteiger partial charge in [-0.2, -0.15) is 5.10 Å². The van der Waals surface area contributed by atoms with E-state index in [1.54, 1.807) is 67.6 Å². The Kier molecular flexibility index (Phi) is 9.16. The van der Waals surface area contributed by atoms with Gasteiger partial charge < -0.3 is 5.32 Å². The van der Waals surface area contributed by atoms with Crippen LogP contribution in [0.3, 0.4) is 0 Å². The molecule has 2 N–H and O–H groups in total. The number of benzene rings is 4. The van der Waals surface area contributed by atoms with Crippen LogP contribution in [0.2, 0.25) is 5.02 Å². The largest absolute Gasteiger partial charge is 0.322 e. The van der Waals surface area contributed by atoms with Crippen molar-refractivity contribution < 1.29 is 22.4 Å². The molecule has 41 heavy (non-hydrogen) atoms. The molecule has 11 heteroatoms. The lowest BCUT2D eigenvalue weighted by atomic mass is 10.1. The number of rotatable bonds is 9. The maximum absolute atomic E-state index is 13.6. The molecular formula is C30H26ClFN4O4S. The molecule has 0 aliphatic rings. The van der Waals surface area contributed by atoms with E-state index in [0.717, 1.165) is 22.0 Å². The molecule has 210 valence electrons. The minimum atomic E-state index is -4.16. The summed E-state index contributed by atoms with van der Waals surface area (Å²) in [5.74, 6) is -1.60. The molecule has 0 radical (unpaired) electrons. The number of anilines is 2. The number of sulfonamides is 1. The maximum atomic E-state index is 13.6. The number of nitrogens with one attached hydrogen (secondary N) is 2. The average molecular weight is 593 g/mol. The van der Waals surface area contributed by atoms with Gasteiger partial charge in [0.2, 0.25) is 0 Å². The third kappa shape index (κ3) is 7.56. The van der Waals surface area contributed by atoms with Crippen molar-refractivity contribution in [3.05, 3.63) is 125 Å². The Morgan fingerprint density at radius 1 is 0.902 bits per heavy atom. The van der Waals surface area contributed by atoms with Crippen LogP contribution in [0.5, 0.6) is 0 Å². The Bertz CT molecular complexity index is 1710. The summed E-state index contributed by atoms with van der Waals surface area (Å²) in [4.78, 5) is 25.4. The molecule has 0 atom stereocenters. The summed E-state index contributed by atoms with van der Waals surface area (Å²) in [6.07, 6.45) is 0. The highest BCUT2D eigenvalue weighted by molar-refractivity contribution is 7.92. The zero-order valence-electron chi connectivity index (χ0n) is 22.1. The van der Waals surface area contributed by atoms with Gasteiger partial charge in [0.1, 0.15) is 12.4 Å². The van der Waals surface area contributed by atoms with Gasteiger partial charge in [-0.15, -0.1) is 0 Å². The molecule has 4 aromatic rings. The van der Waals surface area contributed by atoms with E-state index >= 15 is 0 Å². The van der Waals surface area contributed by atoms with Gasteiger partial charge in [0.25, 0.3) is 21.8 Å². The van der Waals surface area contributed by atoms with Crippen LogP contribution in [0.25, 0.3) is 0 Å². The summed E-state index contributed by atoms with van der Waals surface area (Å²) in [6, 6.07) is 24.4. The summed E-state index contributed by atoms with van der Waals surface area (Å²) in [5, 5.41) is 7.35. The molecule has 2 amide bonds. The highest BCUT2D eigenvalue weighted by Gasteiger charge is 2.27. The van der Waals surface area contributed by atoms with Crippen molar-refractivity contribution in [2.45, 2.75) is 18.7 Å². The van der Waals surface area contributed by atoms with Gasteiger partial charge in [0.15, 0.2) is 0 Å². The fraction of sp³-hybridized carbons (Fsp3) is 0.100. The summed E-state index contributed by atoms with van der Waals surface area (Å²) in [5.41, 5.74) is 5.28. The number of aryl methyl sites for hydroxylation is 1. The van der Waals surface area contributed by atoms with Gasteiger partial charge in [-0.25, -0.2) is 18.2 Å². The molecule has 0 saturated carbocycles. The van der Waals surface area contributed by atoms with Crippen molar-refractivity contribution in [1.82, 2.24) is 5.43 Å².